The summed E-state index contributed by atoms with van der Waals surface area (Å²) in [6, 6.07) is 13.2. The Bertz CT molecular complexity index is 1100. The number of nitrogens with zero attached hydrogens (tertiary/aromatic N) is 4. The monoisotopic (exact) mass is 423 g/mol. The van der Waals surface area contributed by atoms with E-state index in [1.807, 2.05) is 44.2 Å². The number of hydrogen-bond donors (Lipinski definition) is 1. The highest BCUT2D eigenvalue weighted by molar-refractivity contribution is 5.94. The quantitative estimate of drug-likeness (QED) is 0.685. The van der Waals surface area contributed by atoms with E-state index in [2.05, 4.69) is 20.2 Å². The molecule has 0 saturated carbocycles. The predicted molar refractivity (Wildman–Crippen MR) is 116 cm³/mol. The summed E-state index contributed by atoms with van der Waals surface area (Å²) >= 11 is 0. The maximum absolute atomic E-state index is 13.5. The van der Waals surface area contributed by atoms with Crippen molar-refractivity contribution in [1.29, 1.82) is 0 Å². The third-order valence-electron chi connectivity index (χ3n) is 5.21. The van der Waals surface area contributed by atoms with Crippen LogP contribution in [0.4, 0.5) is 26.1 Å². The number of carbonyl (C=O) groups is 1. The second-order valence-corrected chi connectivity index (χ2v) is 7.56. The number of aryl methyl sites for hydroxylation is 2. The van der Waals surface area contributed by atoms with E-state index in [9.17, 15) is 13.6 Å². The van der Waals surface area contributed by atoms with Crippen LogP contribution in [0.5, 0.6) is 0 Å². The SMILES string of the molecule is Cc1ccc(Nc2cc(N3CCN(C(=O)c4ccc(F)c(F)c4)CC3)nc(C)n2)cc1. The molecule has 1 N–H and O–H groups in total. The van der Waals surface area contributed by atoms with Crippen LogP contribution < -0.4 is 10.2 Å². The number of aromatic nitrogens is 2. The lowest BCUT2D eigenvalue weighted by atomic mass is 10.1. The zero-order valence-corrected chi connectivity index (χ0v) is 17.4. The minimum Gasteiger partial charge on any atom is -0.353 e. The van der Waals surface area contributed by atoms with Crippen LogP contribution in [0.3, 0.4) is 0 Å². The number of hydrogen-bond acceptors (Lipinski definition) is 5. The van der Waals surface area contributed by atoms with Gasteiger partial charge in [0, 0.05) is 43.5 Å². The number of benzene rings is 2. The molecule has 1 aromatic heterocycles. The molecule has 1 amide bonds. The van der Waals surface area contributed by atoms with Gasteiger partial charge in [-0.15, -0.1) is 0 Å². The zero-order chi connectivity index (χ0) is 22.0. The lowest BCUT2D eigenvalue weighted by Gasteiger charge is -2.35. The molecule has 0 radical (unpaired) electrons. The Balaban J connectivity index is 1.43. The van der Waals surface area contributed by atoms with E-state index in [0.29, 0.717) is 37.8 Å². The normalized spacial score (nSPS) is 13.9. The number of anilines is 3. The third kappa shape index (κ3) is 4.79. The van der Waals surface area contributed by atoms with Gasteiger partial charge in [0.2, 0.25) is 0 Å². The zero-order valence-electron chi connectivity index (χ0n) is 17.4. The molecular weight excluding hydrogens is 400 g/mol. The van der Waals surface area contributed by atoms with E-state index < -0.39 is 11.6 Å². The Morgan fingerprint density at radius 3 is 2.29 bits per heavy atom. The summed E-state index contributed by atoms with van der Waals surface area (Å²) in [7, 11) is 0. The van der Waals surface area contributed by atoms with Gasteiger partial charge in [0.1, 0.15) is 17.5 Å². The van der Waals surface area contributed by atoms with Crippen molar-refractivity contribution in [2.75, 3.05) is 36.4 Å². The Kier molecular flexibility index (Phi) is 5.79. The van der Waals surface area contributed by atoms with E-state index in [-0.39, 0.29) is 11.5 Å². The average Bonchev–Trinajstić information content (AvgIpc) is 2.76. The van der Waals surface area contributed by atoms with Crippen molar-refractivity contribution in [2.24, 2.45) is 0 Å². The molecule has 8 heteroatoms. The molecule has 160 valence electrons. The highest BCUT2D eigenvalue weighted by Crippen LogP contribution is 2.22. The first-order valence-corrected chi connectivity index (χ1v) is 10.1. The molecule has 2 heterocycles. The molecule has 1 aliphatic rings. The van der Waals surface area contributed by atoms with Crippen molar-refractivity contribution in [3.8, 4) is 0 Å². The molecular formula is C23H23F2N5O. The first-order chi connectivity index (χ1) is 14.9. The second-order valence-electron chi connectivity index (χ2n) is 7.56. The minimum atomic E-state index is -1.02. The van der Waals surface area contributed by atoms with E-state index >= 15 is 0 Å². The summed E-state index contributed by atoms with van der Waals surface area (Å²) in [5.41, 5.74) is 2.27. The van der Waals surface area contributed by atoms with Crippen molar-refractivity contribution in [3.63, 3.8) is 0 Å². The lowest BCUT2D eigenvalue weighted by Crippen LogP contribution is -2.49. The number of amides is 1. The molecule has 0 aliphatic carbocycles. The first-order valence-electron chi connectivity index (χ1n) is 10.1. The van der Waals surface area contributed by atoms with Gasteiger partial charge in [-0.2, -0.15) is 0 Å². The fourth-order valence-corrected chi connectivity index (χ4v) is 3.51. The van der Waals surface area contributed by atoms with E-state index in [0.717, 1.165) is 23.6 Å². The summed E-state index contributed by atoms with van der Waals surface area (Å²) in [6.07, 6.45) is 0. The van der Waals surface area contributed by atoms with Crippen LogP contribution in [0.15, 0.2) is 48.5 Å². The fourth-order valence-electron chi connectivity index (χ4n) is 3.51. The van der Waals surface area contributed by atoms with Crippen LogP contribution in [0.25, 0.3) is 0 Å². The van der Waals surface area contributed by atoms with Crippen LogP contribution in [-0.2, 0) is 0 Å². The summed E-state index contributed by atoms with van der Waals surface area (Å²) in [5, 5.41) is 3.30. The minimum absolute atomic E-state index is 0.148. The number of rotatable bonds is 4. The molecule has 3 aromatic rings. The van der Waals surface area contributed by atoms with Gasteiger partial charge in [-0.25, -0.2) is 18.7 Å². The molecule has 31 heavy (non-hydrogen) atoms. The molecule has 0 bridgehead atoms. The average molecular weight is 423 g/mol. The number of nitrogens with one attached hydrogen (secondary N) is 1. The molecule has 0 unspecified atom stereocenters. The maximum Gasteiger partial charge on any atom is 0.254 e. The van der Waals surface area contributed by atoms with Gasteiger partial charge in [-0.1, -0.05) is 17.7 Å². The van der Waals surface area contributed by atoms with Crippen molar-refractivity contribution in [1.82, 2.24) is 14.9 Å². The molecule has 1 aliphatic heterocycles. The summed E-state index contributed by atoms with van der Waals surface area (Å²) in [4.78, 5) is 25.4. The van der Waals surface area contributed by atoms with E-state index in [4.69, 9.17) is 0 Å². The molecule has 6 nitrogen and oxygen atoms in total. The van der Waals surface area contributed by atoms with Gasteiger partial charge in [-0.3, -0.25) is 4.79 Å². The van der Waals surface area contributed by atoms with Crippen molar-refractivity contribution < 1.29 is 13.6 Å². The van der Waals surface area contributed by atoms with Gasteiger partial charge >= 0.3 is 0 Å². The van der Waals surface area contributed by atoms with Gasteiger partial charge in [0.05, 0.1) is 0 Å². The summed E-state index contributed by atoms with van der Waals surface area (Å²) < 4.78 is 26.6. The lowest BCUT2D eigenvalue weighted by molar-refractivity contribution is 0.0746. The highest BCUT2D eigenvalue weighted by atomic mass is 19.2. The number of carbonyl (C=O) groups excluding carboxylic acids is 1. The third-order valence-corrected chi connectivity index (χ3v) is 5.21. The topological polar surface area (TPSA) is 61.4 Å². The van der Waals surface area contributed by atoms with Crippen molar-refractivity contribution in [3.05, 3.63) is 77.1 Å². The molecule has 0 spiro atoms. The standard InChI is InChI=1S/C23H23F2N5O/c1-15-3-6-18(7-4-15)28-21-14-22(27-16(2)26-21)29-9-11-30(12-10-29)23(31)17-5-8-19(24)20(25)13-17/h3-8,13-14H,9-12H2,1-2H3,(H,26,27,28). The second kappa shape index (κ2) is 8.67. The first kappa shape index (κ1) is 20.7. The van der Waals surface area contributed by atoms with Crippen LogP contribution in [0.2, 0.25) is 0 Å². The van der Waals surface area contributed by atoms with Crippen LogP contribution >= 0.6 is 0 Å². The number of piperazine rings is 1. The smallest absolute Gasteiger partial charge is 0.254 e. The largest absolute Gasteiger partial charge is 0.353 e. The Hall–Kier alpha value is -3.55. The summed E-state index contributed by atoms with van der Waals surface area (Å²) in [6.45, 7) is 5.95. The van der Waals surface area contributed by atoms with Crippen LogP contribution in [-0.4, -0.2) is 47.0 Å². The Morgan fingerprint density at radius 2 is 1.61 bits per heavy atom. The highest BCUT2D eigenvalue weighted by Gasteiger charge is 2.24. The van der Waals surface area contributed by atoms with E-state index in [1.54, 1.807) is 4.90 Å². The maximum atomic E-state index is 13.5. The van der Waals surface area contributed by atoms with Gasteiger partial charge in [0.25, 0.3) is 5.91 Å². The molecule has 2 aromatic carbocycles. The van der Waals surface area contributed by atoms with E-state index in [1.165, 1.54) is 11.6 Å². The number of halogens is 2. The molecule has 1 saturated heterocycles. The molecule has 0 atom stereocenters. The van der Waals surface area contributed by atoms with Gasteiger partial charge in [-0.05, 0) is 44.2 Å². The van der Waals surface area contributed by atoms with Crippen molar-refractivity contribution in [2.45, 2.75) is 13.8 Å². The fraction of sp³-hybridized carbons (Fsp3) is 0.261. The molecule has 4 rings (SSSR count). The van der Waals surface area contributed by atoms with Crippen molar-refractivity contribution >= 4 is 23.2 Å². The predicted octanol–water partition coefficient (Wildman–Crippen LogP) is 4.08. The van der Waals surface area contributed by atoms with Crippen LogP contribution in [0, 0.1) is 25.5 Å². The summed E-state index contributed by atoms with van der Waals surface area (Å²) in [5.74, 6) is -0.162. The van der Waals surface area contributed by atoms with Gasteiger partial charge < -0.3 is 15.1 Å². The Labute approximate surface area is 179 Å². The van der Waals surface area contributed by atoms with Gasteiger partial charge in [0.15, 0.2) is 11.6 Å². The Morgan fingerprint density at radius 1 is 0.903 bits per heavy atom. The molecule has 1 fully saturated rings. The van der Waals surface area contributed by atoms with Crippen LogP contribution in [0.1, 0.15) is 21.7 Å².